The summed E-state index contributed by atoms with van der Waals surface area (Å²) in [6, 6.07) is 6.11. The van der Waals surface area contributed by atoms with Crippen molar-refractivity contribution < 1.29 is 33.6 Å². The smallest absolute Gasteiger partial charge is 0.392 e. The summed E-state index contributed by atoms with van der Waals surface area (Å²) in [5, 5.41) is 55.7. The molecular weight excluding hydrogens is 511 g/mol. The number of aliphatic hydroxyl groups is 4. The first-order valence-electron chi connectivity index (χ1n) is 14.0. The van der Waals surface area contributed by atoms with Gasteiger partial charge in [-0.2, -0.15) is 13.2 Å². The normalized spacial score (nSPS) is 43.4. The quantitative estimate of drug-likeness (QED) is 0.358. The molecule has 6 rings (SSSR count). The molecule has 1 aromatic carbocycles. The van der Waals surface area contributed by atoms with Crippen LogP contribution in [0, 0.1) is 34.5 Å². The van der Waals surface area contributed by atoms with E-state index >= 15 is 0 Å². The fourth-order valence-corrected chi connectivity index (χ4v) is 8.85. The molecule has 3 fully saturated rings. The highest BCUT2D eigenvalue weighted by molar-refractivity contribution is 5.34. The van der Waals surface area contributed by atoms with E-state index in [9.17, 15) is 33.6 Å². The zero-order valence-corrected chi connectivity index (χ0v) is 22.5. The summed E-state index contributed by atoms with van der Waals surface area (Å²) in [5.41, 5.74) is -3.48. The van der Waals surface area contributed by atoms with Crippen molar-refractivity contribution in [2.24, 2.45) is 44.7 Å². The third kappa shape index (κ3) is 3.60. The maximum absolute atomic E-state index is 13.3. The van der Waals surface area contributed by atoms with Gasteiger partial charge in [0.15, 0.2) is 0 Å². The van der Waals surface area contributed by atoms with Gasteiger partial charge in [0.1, 0.15) is 5.60 Å². The van der Waals surface area contributed by atoms with E-state index in [-0.39, 0.29) is 35.7 Å². The molecule has 1 heterocycles. The topological polar surface area (TPSA) is 118 Å². The van der Waals surface area contributed by atoms with Crippen LogP contribution in [0.3, 0.4) is 0 Å². The Morgan fingerprint density at radius 2 is 1.64 bits per heavy atom. The predicted molar refractivity (Wildman–Crippen MR) is 136 cm³/mol. The molecule has 1 aromatic rings. The predicted octanol–water partition coefficient (Wildman–Crippen LogP) is 3.81. The van der Waals surface area contributed by atoms with Crippen LogP contribution in [-0.2, 0) is 12.2 Å². The van der Waals surface area contributed by atoms with Crippen LogP contribution in [-0.4, -0.2) is 57.1 Å². The summed E-state index contributed by atoms with van der Waals surface area (Å²) in [4.78, 5) is 0. The van der Waals surface area contributed by atoms with Gasteiger partial charge in [0.25, 0.3) is 0 Å². The van der Waals surface area contributed by atoms with Crippen LogP contribution in [0.2, 0.25) is 0 Å². The molecule has 0 radical (unpaired) electrons. The Morgan fingerprint density at radius 3 is 2.26 bits per heavy atom. The van der Waals surface area contributed by atoms with Gasteiger partial charge in [-0.05, 0) is 49.0 Å². The Labute approximate surface area is 226 Å². The maximum atomic E-state index is 13.3. The highest BCUT2D eigenvalue weighted by atomic mass is 19.4. The average molecular weight is 550 g/mol. The minimum atomic E-state index is -4.55. The van der Waals surface area contributed by atoms with Crippen LogP contribution in [0.1, 0.15) is 57.6 Å². The second kappa shape index (κ2) is 8.58. The Hall–Kier alpha value is -1.85. The summed E-state index contributed by atoms with van der Waals surface area (Å²) in [6.45, 7) is 6.70. The number of nitrogens with one attached hydrogen (secondary N) is 1. The number of halogens is 3. The molecule has 2 bridgehead atoms. The van der Waals surface area contributed by atoms with Crippen molar-refractivity contribution in [2.75, 3.05) is 6.54 Å². The van der Waals surface area contributed by atoms with Gasteiger partial charge in [-0.3, -0.25) is 0 Å². The first-order chi connectivity index (χ1) is 18.2. The molecule has 5 aliphatic rings. The summed E-state index contributed by atoms with van der Waals surface area (Å²) in [5.74, 6) is -0.239. The van der Waals surface area contributed by atoms with Gasteiger partial charge in [0.05, 0.1) is 18.3 Å². The van der Waals surface area contributed by atoms with Gasteiger partial charge < -0.3 is 25.7 Å². The van der Waals surface area contributed by atoms with Crippen LogP contribution < -0.4 is 5.32 Å². The molecule has 0 unspecified atom stereocenters. The largest absolute Gasteiger partial charge is 0.442 e. The van der Waals surface area contributed by atoms with Crippen LogP contribution in [0.25, 0.3) is 0 Å². The lowest BCUT2D eigenvalue weighted by Crippen LogP contribution is -2.57. The zero-order valence-electron chi connectivity index (χ0n) is 22.5. The standard InChI is InChI=1S/C29H38F3N3O4/c1-15-20-9-8-19-17(14-33-13-16-4-6-18(7-5-16)28(34-35-28)29(30,31)32)11-26(20,24(19)38)12-23(37)27(39)21(15)10-22(36)25(27,2)3/h4-7,11,15,19-24,33,36-39H,8-10,12-14H2,1-3H3/t15-,19-,20-,21-,22-,23+,24+,26+,27-/m0/s1. The van der Waals surface area contributed by atoms with Crippen LogP contribution in [0.5, 0.6) is 0 Å². The molecule has 1 spiro atoms. The highest BCUT2D eigenvalue weighted by Gasteiger charge is 2.70. The van der Waals surface area contributed by atoms with E-state index in [1.54, 1.807) is 12.1 Å². The second-order valence-electron chi connectivity index (χ2n) is 13.2. The number of aliphatic hydroxyl groups excluding tert-OH is 3. The maximum Gasteiger partial charge on any atom is 0.442 e. The molecule has 1 aliphatic heterocycles. The van der Waals surface area contributed by atoms with E-state index in [2.05, 4.69) is 28.5 Å². The Kier molecular flexibility index (Phi) is 6.01. The van der Waals surface area contributed by atoms with Crippen molar-refractivity contribution >= 4 is 0 Å². The number of rotatable bonds is 5. The van der Waals surface area contributed by atoms with E-state index in [1.165, 1.54) is 12.1 Å². The molecule has 214 valence electrons. The molecule has 7 nitrogen and oxygen atoms in total. The van der Waals surface area contributed by atoms with Gasteiger partial charge in [0, 0.05) is 35.4 Å². The van der Waals surface area contributed by atoms with E-state index in [0.29, 0.717) is 19.5 Å². The zero-order chi connectivity index (χ0) is 28.2. The number of benzene rings is 1. The summed E-state index contributed by atoms with van der Waals surface area (Å²) >= 11 is 0. The summed E-state index contributed by atoms with van der Waals surface area (Å²) in [7, 11) is 0. The Bertz CT molecular complexity index is 1200. The average Bonchev–Trinajstić information content (AvgIpc) is 3.64. The first kappa shape index (κ1) is 27.3. The molecule has 39 heavy (non-hydrogen) atoms. The van der Waals surface area contributed by atoms with Gasteiger partial charge in [0.2, 0.25) is 0 Å². The number of fused-ring (bicyclic) bond motifs is 2. The van der Waals surface area contributed by atoms with E-state index in [1.807, 2.05) is 13.8 Å². The van der Waals surface area contributed by atoms with E-state index in [4.69, 9.17) is 0 Å². The van der Waals surface area contributed by atoms with Crippen LogP contribution in [0.15, 0.2) is 46.1 Å². The Balaban J connectivity index is 1.19. The van der Waals surface area contributed by atoms with Crippen LogP contribution in [0.4, 0.5) is 13.2 Å². The van der Waals surface area contributed by atoms with E-state index in [0.717, 1.165) is 24.0 Å². The second-order valence-corrected chi connectivity index (χ2v) is 13.2. The van der Waals surface area contributed by atoms with Gasteiger partial charge >= 0.3 is 11.8 Å². The molecule has 0 aromatic heterocycles. The molecule has 3 saturated carbocycles. The van der Waals surface area contributed by atoms with Crippen molar-refractivity contribution in [3.8, 4) is 0 Å². The molecule has 9 atom stereocenters. The number of hydrogen-bond donors (Lipinski definition) is 5. The van der Waals surface area contributed by atoms with Crippen LogP contribution >= 0.6 is 0 Å². The van der Waals surface area contributed by atoms with Gasteiger partial charge in [-0.1, -0.05) is 56.7 Å². The monoisotopic (exact) mass is 549 g/mol. The molecule has 10 heteroatoms. The molecule has 0 amide bonds. The number of alkyl halides is 3. The van der Waals surface area contributed by atoms with Crippen molar-refractivity contribution in [1.29, 1.82) is 0 Å². The molecule has 0 saturated heterocycles. The minimum absolute atomic E-state index is 0.00229. The summed E-state index contributed by atoms with van der Waals surface area (Å²) in [6.07, 6.45) is -2.51. The lowest BCUT2D eigenvalue weighted by atomic mass is 9.59. The molecule has 5 N–H and O–H groups in total. The molecular formula is C29H38F3N3O4. The number of nitrogens with zero attached hydrogens (tertiary/aromatic N) is 2. The fraction of sp³-hybridized carbons (Fsp3) is 0.724. The first-order valence-corrected chi connectivity index (χ1v) is 14.0. The minimum Gasteiger partial charge on any atom is -0.392 e. The lowest BCUT2D eigenvalue weighted by Gasteiger charge is -2.47. The SMILES string of the molecule is C[C@H]1[C@@H]2CC[C@H]3C(CNCc4ccc(C5(C(F)(F)F)N=N5)cc4)=C[C@]2(C[C@@H](O)[C@@]2(O)[C@H]1C[C@H](O)C2(C)C)[C@@H]3O. The van der Waals surface area contributed by atoms with Gasteiger partial charge in [-0.25, -0.2) is 0 Å². The third-order valence-electron chi connectivity index (χ3n) is 11.3. The molecule has 4 aliphatic carbocycles. The highest BCUT2D eigenvalue weighted by Crippen LogP contribution is 2.66. The van der Waals surface area contributed by atoms with Crippen molar-refractivity contribution in [2.45, 2.75) is 88.8 Å². The van der Waals surface area contributed by atoms with E-state index < -0.39 is 46.6 Å². The fourth-order valence-electron chi connectivity index (χ4n) is 8.85. The van der Waals surface area contributed by atoms with Crippen molar-refractivity contribution in [3.63, 3.8) is 0 Å². The number of hydrogen-bond acceptors (Lipinski definition) is 7. The third-order valence-corrected chi connectivity index (χ3v) is 11.3. The summed E-state index contributed by atoms with van der Waals surface area (Å²) < 4.78 is 39.8. The van der Waals surface area contributed by atoms with Crippen molar-refractivity contribution in [3.05, 3.63) is 47.0 Å². The lowest BCUT2D eigenvalue weighted by molar-refractivity contribution is -0.177. The van der Waals surface area contributed by atoms with Gasteiger partial charge in [-0.15, -0.1) is 10.2 Å². The Morgan fingerprint density at radius 1 is 0.974 bits per heavy atom. The van der Waals surface area contributed by atoms with Crippen molar-refractivity contribution in [1.82, 2.24) is 5.32 Å².